The molecule has 2 N–H and O–H groups in total. The van der Waals surface area contributed by atoms with Gasteiger partial charge >= 0.3 is 6.61 Å². The number of halogens is 3. The lowest BCUT2D eigenvalue weighted by Gasteiger charge is -2.13. The summed E-state index contributed by atoms with van der Waals surface area (Å²) in [5.41, 5.74) is 0.650. The standard InChI is InChI=1S/C12H17F2N3O.HI/c1-3-16-12(15-2)17-8-9-6-4-5-7-10(9)18-11(13)14;/h4-7,11H,3,8H2,1-2H3,(H2,15,16,17);1H. The predicted molar refractivity (Wildman–Crippen MR) is 82.4 cm³/mol. The summed E-state index contributed by atoms with van der Waals surface area (Å²) in [5.74, 6) is 0.788. The number of hydrogen-bond donors (Lipinski definition) is 2. The fraction of sp³-hybridized carbons (Fsp3) is 0.417. The van der Waals surface area contributed by atoms with Crippen LogP contribution in [0.5, 0.6) is 5.75 Å². The minimum Gasteiger partial charge on any atom is -0.434 e. The van der Waals surface area contributed by atoms with E-state index in [0.29, 0.717) is 18.1 Å². The minimum absolute atomic E-state index is 0. The molecule has 0 heterocycles. The van der Waals surface area contributed by atoms with Crippen molar-refractivity contribution in [2.75, 3.05) is 13.6 Å². The second-order valence-electron chi connectivity index (χ2n) is 3.44. The first kappa shape index (κ1) is 17.9. The molecule has 1 aromatic rings. The highest BCUT2D eigenvalue weighted by molar-refractivity contribution is 14.0. The van der Waals surface area contributed by atoms with E-state index in [2.05, 4.69) is 20.4 Å². The lowest BCUT2D eigenvalue weighted by atomic mass is 10.2. The number of hydrogen-bond acceptors (Lipinski definition) is 2. The van der Waals surface area contributed by atoms with E-state index in [0.717, 1.165) is 6.54 Å². The molecule has 0 aliphatic rings. The minimum atomic E-state index is -2.82. The van der Waals surface area contributed by atoms with Crippen molar-refractivity contribution in [1.29, 1.82) is 0 Å². The van der Waals surface area contributed by atoms with Gasteiger partial charge in [-0.2, -0.15) is 8.78 Å². The molecule has 0 spiro atoms. The summed E-state index contributed by atoms with van der Waals surface area (Å²) < 4.78 is 28.9. The maximum absolute atomic E-state index is 12.2. The first-order chi connectivity index (χ1) is 8.67. The zero-order chi connectivity index (χ0) is 13.4. The Morgan fingerprint density at radius 3 is 2.58 bits per heavy atom. The van der Waals surface area contributed by atoms with Crippen LogP contribution in [0.4, 0.5) is 8.78 Å². The Kier molecular flexibility index (Phi) is 9.19. The molecule has 108 valence electrons. The first-order valence-corrected chi connectivity index (χ1v) is 5.64. The lowest BCUT2D eigenvalue weighted by Crippen LogP contribution is -2.36. The Balaban J connectivity index is 0.00000324. The molecule has 19 heavy (non-hydrogen) atoms. The molecule has 0 aliphatic heterocycles. The average Bonchev–Trinajstić information content (AvgIpc) is 2.35. The molecule has 0 aliphatic carbocycles. The van der Waals surface area contributed by atoms with Crippen molar-refractivity contribution in [3.63, 3.8) is 0 Å². The Morgan fingerprint density at radius 2 is 2.00 bits per heavy atom. The van der Waals surface area contributed by atoms with Gasteiger partial charge in [-0.3, -0.25) is 4.99 Å². The fourth-order valence-electron chi connectivity index (χ4n) is 1.43. The van der Waals surface area contributed by atoms with Crippen LogP contribution in [0.2, 0.25) is 0 Å². The highest BCUT2D eigenvalue weighted by Crippen LogP contribution is 2.19. The lowest BCUT2D eigenvalue weighted by molar-refractivity contribution is -0.0504. The van der Waals surface area contributed by atoms with E-state index >= 15 is 0 Å². The van der Waals surface area contributed by atoms with E-state index in [9.17, 15) is 8.78 Å². The van der Waals surface area contributed by atoms with Crippen molar-refractivity contribution < 1.29 is 13.5 Å². The topological polar surface area (TPSA) is 45.7 Å². The van der Waals surface area contributed by atoms with Crippen molar-refractivity contribution in [2.45, 2.75) is 20.1 Å². The third kappa shape index (κ3) is 6.55. The molecule has 1 aromatic carbocycles. The van der Waals surface area contributed by atoms with Crippen molar-refractivity contribution >= 4 is 29.9 Å². The van der Waals surface area contributed by atoms with Gasteiger partial charge in [0.05, 0.1) is 0 Å². The van der Waals surface area contributed by atoms with Crippen LogP contribution < -0.4 is 15.4 Å². The molecule has 0 amide bonds. The Labute approximate surface area is 128 Å². The molecule has 0 fully saturated rings. The third-order valence-electron chi connectivity index (χ3n) is 2.20. The van der Waals surface area contributed by atoms with Crippen LogP contribution in [0.3, 0.4) is 0 Å². The SMILES string of the molecule is CCNC(=NC)NCc1ccccc1OC(F)F.I. The van der Waals surface area contributed by atoms with E-state index < -0.39 is 6.61 Å². The summed E-state index contributed by atoms with van der Waals surface area (Å²) in [4.78, 5) is 3.99. The third-order valence-corrected chi connectivity index (χ3v) is 2.20. The van der Waals surface area contributed by atoms with Gasteiger partial charge in [0, 0.05) is 25.7 Å². The summed E-state index contributed by atoms with van der Waals surface area (Å²) in [6.45, 7) is 0.220. The number of alkyl halides is 2. The number of rotatable bonds is 5. The number of nitrogens with zero attached hydrogens (tertiary/aromatic N) is 1. The summed E-state index contributed by atoms with van der Waals surface area (Å²) in [5, 5.41) is 6.03. The summed E-state index contributed by atoms with van der Waals surface area (Å²) in [6.07, 6.45) is 0. The number of para-hydroxylation sites is 1. The van der Waals surface area contributed by atoms with E-state index in [1.54, 1.807) is 25.2 Å². The second-order valence-corrected chi connectivity index (χ2v) is 3.44. The van der Waals surface area contributed by atoms with Gasteiger partial charge in [0.15, 0.2) is 5.96 Å². The van der Waals surface area contributed by atoms with Gasteiger partial charge in [0.2, 0.25) is 0 Å². The normalized spacial score (nSPS) is 10.9. The zero-order valence-corrected chi connectivity index (χ0v) is 13.2. The molecular weight excluding hydrogens is 367 g/mol. The number of nitrogens with one attached hydrogen (secondary N) is 2. The fourth-order valence-corrected chi connectivity index (χ4v) is 1.43. The molecular formula is C12H18F2IN3O. The Bertz CT molecular complexity index is 402. The molecule has 4 nitrogen and oxygen atoms in total. The first-order valence-electron chi connectivity index (χ1n) is 5.64. The van der Waals surface area contributed by atoms with Gasteiger partial charge < -0.3 is 15.4 Å². The van der Waals surface area contributed by atoms with Crippen LogP contribution in [0.25, 0.3) is 0 Å². The molecule has 0 bridgehead atoms. The van der Waals surface area contributed by atoms with Gasteiger partial charge in [0.25, 0.3) is 0 Å². The maximum Gasteiger partial charge on any atom is 0.387 e. The van der Waals surface area contributed by atoms with Crippen LogP contribution in [0.1, 0.15) is 12.5 Å². The molecule has 0 saturated carbocycles. The quantitative estimate of drug-likeness (QED) is 0.466. The molecule has 0 atom stereocenters. The largest absolute Gasteiger partial charge is 0.434 e. The number of guanidine groups is 1. The van der Waals surface area contributed by atoms with Crippen LogP contribution in [0.15, 0.2) is 29.3 Å². The number of benzene rings is 1. The average molecular weight is 385 g/mol. The van der Waals surface area contributed by atoms with E-state index in [1.807, 2.05) is 6.92 Å². The van der Waals surface area contributed by atoms with Crippen molar-refractivity contribution in [3.05, 3.63) is 29.8 Å². The molecule has 7 heteroatoms. The van der Waals surface area contributed by atoms with Gasteiger partial charge in [-0.25, -0.2) is 0 Å². The monoisotopic (exact) mass is 385 g/mol. The molecule has 0 radical (unpaired) electrons. The number of ether oxygens (including phenoxy) is 1. The van der Waals surface area contributed by atoms with Crippen molar-refractivity contribution in [2.24, 2.45) is 4.99 Å². The predicted octanol–water partition coefficient (Wildman–Crippen LogP) is 2.59. The highest BCUT2D eigenvalue weighted by Gasteiger charge is 2.09. The number of aliphatic imine (C=N–C) groups is 1. The zero-order valence-electron chi connectivity index (χ0n) is 10.8. The molecule has 0 aromatic heterocycles. The van der Waals surface area contributed by atoms with Crippen LogP contribution in [-0.4, -0.2) is 26.2 Å². The van der Waals surface area contributed by atoms with Crippen molar-refractivity contribution in [3.8, 4) is 5.75 Å². The Morgan fingerprint density at radius 1 is 1.32 bits per heavy atom. The van der Waals surface area contributed by atoms with E-state index in [4.69, 9.17) is 0 Å². The molecule has 0 saturated heterocycles. The summed E-state index contributed by atoms with van der Waals surface area (Å²) >= 11 is 0. The molecule has 0 unspecified atom stereocenters. The summed E-state index contributed by atoms with van der Waals surface area (Å²) in [7, 11) is 1.65. The van der Waals surface area contributed by atoms with Gasteiger partial charge in [-0.1, -0.05) is 18.2 Å². The second kappa shape index (κ2) is 9.76. The van der Waals surface area contributed by atoms with Crippen LogP contribution >= 0.6 is 24.0 Å². The van der Waals surface area contributed by atoms with Gasteiger partial charge in [0.1, 0.15) is 5.75 Å². The maximum atomic E-state index is 12.2. The van der Waals surface area contributed by atoms with Gasteiger partial charge in [-0.05, 0) is 13.0 Å². The van der Waals surface area contributed by atoms with Crippen LogP contribution in [-0.2, 0) is 6.54 Å². The van der Waals surface area contributed by atoms with Gasteiger partial charge in [-0.15, -0.1) is 24.0 Å². The van der Waals surface area contributed by atoms with Crippen molar-refractivity contribution in [1.82, 2.24) is 10.6 Å². The van der Waals surface area contributed by atoms with E-state index in [-0.39, 0.29) is 29.7 Å². The highest BCUT2D eigenvalue weighted by atomic mass is 127. The van der Waals surface area contributed by atoms with E-state index in [1.165, 1.54) is 6.07 Å². The van der Waals surface area contributed by atoms with Crippen LogP contribution in [0, 0.1) is 0 Å². The Hall–Kier alpha value is -1.12. The smallest absolute Gasteiger partial charge is 0.387 e. The molecule has 1 rings (SSSR count). The summed E-state index contributed by atoms with van der Waals surface area (Å²) in [6, 6.07) is 6.66.